The number of aryl methyl sites for hydroxylation is 1. The lowest BCUT2D eigenvalue weighted by molar-refractivity contribution is -0.111. The van der Waals surface area contributed by atoms with Crippen LogP contribution in [-0.4, -0.2) is 10.7 Å². The fourth-order valence-electron chi connectivity index (χ4n) is 4.78. The Morgan fingerprint density at radius 3 is 2.57 bits per heavy atom. The molecule has 0 bridgehead atoms. The van der Waals surface area contributed by atoms with Gasteiger partial charge in [-0.25, -0.2) is 0 Å². The predicted octanol–water partition coefficient (Wildman–Crippen LogP) is 3.97. The molecule has 3 atom stereocenters. The molecule has 2 aliphatic rings. The van der Waals surface area contributed by atoms with Crippen LogP contribution in [0.1, 0.15) is 57.6 Å². The van der Waals surface area contributed by atoms with Crippen LogP contribution >= 0.6 is 0 Å². The molecule has 2 nitrogen and oxygen atoms in total. The van der Waals surface area contributed by atoms with Gasteiger partial charge in [-0.2, -0.15) is 5.26 Å². The van der Waals surface area contributed by atoms with Crippen molar-refractivity contribution in [3.8, 4) is 6.07 Å². The number of nitriles is 1. The second-order valence-electron chi connectivity index (χ2n) is 7.87. The summed E-state index contributed by atoms with van der Waals surface area (Å²) < 4.78 is 0. The molecule has 0 spiro atoms. The Morgan fingerprint density at radius 2 is 1.90 bits per heavy atom. The quantitative estimate of drug-likeness (QED) is 0.847. The van der Waals surface area contributed by atoms with Crippen LogP contribution in [0.2, 0.25) is 0 Å². The highest BCUT2D eigenvalue weighted by Gasteiger charge is 2.59. The Bertz CT molecular complexity index is 600. The first-order valence-corrected chi connectivity index (χ1v) is 8.07. The van der Waals surface area contributed by atoms with Gasteiger partial charge in [-0.05, 0) is 54.6 Å². The molecule has 0 radical (unpaired) electrons. The van der Waals surface area contributed by atoms with Crippen molar-refractivity contribution < 1.29 is 5.11 Å². The van der Waals surface area contributed by atoms with Crippen LogP contribution < -0.4 is 0 Å². The Balaban J connectivity index is 2.08. The van der Waals surface area contributed by atoms with Gasteiger partial charge in [-0.3, -0.25) is 0 Å². The normalized spacial score (nSPS) is 37.8. The van der Waals surface area contributed by atoms with E-state index in [0.29, 0.717) is 0 Å². The van der Waals surface area contributed by atoms with Crippen molar-refractivity contribution in [2.24, 2.45) is 11.3 Å². The van der Waals surface area contributed by atoms with Gasteiger partial charge in [0.2, 0.25) is 0 Å². The zero-order chi connectivity index (χ0) is 15.3. The third-order valence-electron chi connectivity index (χ3n) is 6.03. The molecular formula is C19H25NO. The van der Waals surface area contributed by atoms with Crippen LogP contribution in [0.5, 0.6) is 0 Å². The summed E-state index contributed by atoms with van der Waals surface area (Å²) in [4.78, 5) is 0. The van der Waals surface area contributed by atoms with Crippen LogP contribution in [0, 0.1) is 22.7 Å². The van der Waals surface area contributed by atoms with Gasteiger partial charge in [0.15, 0.2) is 0 Å². The minimum absolute atomic E-state index is 0.145. The van der Waals surface area contributed by atoms with Crippen molar-refractivity contribution in [3.63, 3.8) is 0 Å². The third-order valence-corrected chi connectivity index (χ3v) is 6.03. The maximum Gasteiger partial charge on any atom is 0.112 e. The summed E-state index contributed by atoms with van der Waals surface area (Å²) in [6.45, 7) is 6.66. The van der Waals surface area contributed by atoms with Gasteiger partial charge in [0.05, 0.1) is 11.7 Å². The lowest BCUT2D eigenvalue weighted by Gasteiger charge is -2.52. The van der Waals surface area contributed by atoms with E-state index in [2.05, 4.69) is 39.0 Å². The van der Waals surface area contributed by atoms with Gasteiger partial charge in [0.1, 0.15) is 5.41 Å². The summed E-state index contributed by atoms with van der Waals surface area (Å²) >= 11 is 0. The van der Waals surface area contributed by atoms with Gasteiger partial charge in [0.25, 0.3) is 0 Å². The number of benzene rings is 1. The van der Waals surface area contributed by atoms with Crippen LogP contribution in [0.25, 0.3) is 0 Å². The van der Waals surface area contributed by atoms with E-state index in [0.717, 1.165) is 37.7 Å². The number of hydrogen-bond acceptors (Lipinski definition) is 2. The van der Waals surface area contributed by atoms with E-state index in [4.69, 9.17) is 0 Å². The molecule has 1 N–H and O–H groups in total. The highest BCUT2D eigenvalue weighted by Crippen LogP contribution is 2.56. The minimum atomic E-state index is -0.899. The zero-order valence-corrected chi connectivity index (χ0v) is 13.3. The second kappa shape index (κ2) is 4.58. The molecule has 0 heterocycles. The number of aliphatic hydroxyl groups is 1. The highest BCUT2D eigenvalue weighted by molar-refractivity contribution is 5.48. The first-order valence-electron chi connectivity index (χ1n) is 8.07. The number of fused-ring (bicyclic) bond motifs is 1. The summed E-state index contributed by atoms with van der Waals surface area (Å²) in [6, 6.07) is 10.7. The molecule has 1 aromatic rings. The molecule has 2 heteroatoms. The van der Waals surface area contributed by atoms with E-state index in [1.165, 1.54) is 5.56 Å². The van der Waals surface area contributed by atoms with Crippen LogP contribution in [0.4, 0.5) is 0 Å². The van der Waals surface area contributed by atoms with E-state index >= 15 is 0 Å². The van der Waals surface area contributed by atoms with E-state index < -0.39 is 11.0 Å². The highest BCUT2D eigenvalue weighted by atomic mass is 16.3. The van der Waals surface area contributed by atoms with E-state index in [-0.39, 0.29) is 11.3 Å². The lowest BCUT2D eigenvalue weighted by Crippen LogP contribution is -2.57. The van der Waals surface area contributed by atoms with Crippen LogP contribution in [-0.2, 0) is 11.8 Å². The number of rotatable bonds is 1. The molecule has 1 aromatic carbocycles. The van der Waals surface area contributed by atoms with Crippen molar-refractivity contribution in [2.75, 3.05) is 0 Å². The molecular weight excluding hydrogens is 258 g/mol. The molecule has 0 saturated heterocycles. The van der Waals surface area contributed by atoms with Crippen molar-refractivity contribution in [1.82, 2.24) is 0 Å². The molecule has 112 valence electrons. The lowest BCUT2D eigenvalue weighted by atomic mass is 9.55. The SMILES string of the molecule is CC1CC(C)(C)CCC1(O)C1(C#N)CCc2ccccc21. The number of hydrogen-bond donors (Lipinski definition) is 1. The predicted molar refractivity (Wildman–Crippen MR) is 83.8 cm³/mol. The van der Waals surface area contributed by atoms with Crippen LogP contribution in [0.15, 0.2) is 24.3 Å². The molecule has 1 fully saturated rings. The van der Waals surface area contributed by atoms with E-state index in [1.807, 2.05) is 12.1 Å². The smallest absolute Gasteiger partial charge is 0.112 e. The summed E-state index contributed by atoms with van der Waals surface area (Å²) in [5.41, 5.74) is 0.954. The monoisotopic (exact) mass is 283 g/mol. The molecule has 1 saturated carbocycles. The average molecular weight is 283 g/mol. The van der Waals surface area contributed by atoms with Crippen molar-refractivity contribution in [1.29, 1.82) is 5.26 Å². The van der Waals surface area contributed by atoms with Gasteiger partial charge >= 0.3 is 0 Å². The van der Waals surface area contributed by atoms with E-state index in [9.17, 15) is 10.4 Å². The summed E-state index contributed by atoms with van der Waals surface area (Å²) in [5, 5.41) is 21.6. The number of nitrogens with zero attached hydrogens (tertiary/aromatic N) is 1. The fourth-order valence-corrected chi connectivity index (χ4v) is 4.78. The Labute approximate surface area is 127 Å². The summed E-state index contributed by atoms with van der Waals surface area (Å²) in [6.07, 6.45) is 4.35. The average Bonchev–Trinajstić information content (AvgIpc) is 2.83. The topological polar surface area (TPSA) is 44.0 Å². The van der Waals surface area contributed by atoms with Gasteiger partial charge in [-0.15, -0.1) is 0 Å². The molecule has 3 unspecified atom stereocenters. The molecule has 0 aliphatic heterocycles. The van der Waals surface area contributed by atoms with Crippen molar-refractivity contribution in [2.45, 2.75) is 63.9 Å². The third kappa shape index (κ3) is 1.94. The van der Waals surface area contributed by atoms with Gasteiger partial charge in [0, 0.05) is 0 Å². The van der Waals surface area contributed by atoms with E-state index in [1.54, 1.807) is 0 Å². The first-order chi connectivity index (χ1) is 9.85. The Hall–Kier alpha value is -1.33. The first kappa shape index (κ1) is 14.6. The largest absolute Gasteiger partial charge is 0.388 e. The van der Waals surface area contributed by atoms with Crippen molar-refractivity contribution >= 4 is 0 Å². The Morgan fingerprint density at radius 1 is 1.19 bits per heavy atom. The molecule has 3 rings (SSSR count). The maximum atomic E-state index is 11.5. The van der Waals surface area contributed by atoms with Crippen LogP contribution in [0.3, 0.4) is 0 Å². The van der Waals surface area contributed by atoms with Crippen molar-refractivity contribution in [3.05, 3.63) is 35.4 Å². The van der Waals surface area contributed by atoms with Gasteiger partial charge < -0.3 is 5.11 Å². The molecule has 0 amide bonds. The standard InChI is InChI=1S/C19H25NO/c1-14-12-17(2,3)10-11-19(14,21)18(13-20)9-8-15-6-4-5-7-16(15)18/h4-7,14,21H,8-12H2,1-3H3. The summed E-state index contributed by atoms with van der Waals surface area (Å²) in [5.74, 6) is 0.145. The minimum Gasteiger partial charge on any atom is -0.388 e. The van der Waals surface area contributed by atoms with Gasteiger partial charge in [-0.1, -0.05) is 45.0 Å². The Kier molecular flexibility index (Phi) is 3.19. The fraction of sp³-hybridized carbons (Fsp3) is 0.632. The maximum absolute atomic E-state index is 11.5. The summed E-state index contributed by atoms with van der Waals surface area (Å²) in [7, 11) is 0. The second-order valence-corrected chi connectivity index (χ2v) is 7.87. The molecule has 0 aromatic heterocycles. The molecule has 2 aliphatic carbocycles. The molecule has 21 heavy (non-hydrogen) atoms. The zero-order valence-electron chi connectivity index (χ0n) is 13.3.